The fourth-order valence-electron chi connectivity index (χ4n) is 0.871. The summed E-state index contributed by atoms with van der Waals surface area (Å²) in [5.74, 6) is 0.590. The van der Waals surface area contributed by atoms with Gasteiger partial charge < -0.3 is 10.3 Å². The van der Waals surface area contributed by atoms with Crippen molar-refractivity contribution in [2.75, 3.05) is 5.73 Å². The van der Waals surface area contributed by atoms with Crippen molar-refractivity contribution in [2.45, 2.75) is 0 Å². The predicted molar refractivity (Wildman–Crippen MR) is 49.2 cm³/mol. The Morgan fingerprint density at radius 3 is 2.83 bits per heavy atom. The van der Waals surface area contributed by atoms with E-state index < -0.39 is 0 Å². The summed E-state index contributed by atoms with van der Waals surface area (Å²) in [5.41, 5.74) is 6.12. The van der Waals surface area contributed by atoms with Gasteiger partial charge in [-0.1, -0.05) is 16.8 Å². The average molecular weight is 201 g/mol. The first kappa shape index (κ1) is 7.64. The van der Waals surface area contributed by atoms with Gasteiger partial charge in [-0.05, 0) is 12.1 Å². The Kier molecular flexibility index (Phi) is 1.78. The molecule has 2 heterocycles. The van der Waals surface area contributed by atoms with E-state index in [2.05, 4.69) is 5.16 Å². The zero-order valence-corrected chi connectivity index (χ0v) is 7.52. The maximum Gasteiger partial charge on any atom is 0.199 e. The molecule has 12 heavy (non-hydrogen) atoms. The van der Waals surface area contributed by atoms with Crippen LogP contribution >= 0.6 is 22.9 Å². The van der Waals surface area contributed by atoms with E-state index >= 15 is 0 Å². The lowest BCUT2D eigenvalue weighted by Crippen LogP contribution is -1.81. The number of halogens is 1. The summed E-state index contributed by atoms with van der Waals surface area (Å²) in [7, 11) is 0. The molecule has 2 N–H and O–H groups in total. The van der Waals surface area contributed by atoms with Crippen molar-refractivity contribution in [3.05, 3.63) is 22.7 Å². The number of anilines is 1. The van der Waals surface area contributed by atoms with Crippen molar-refractivity contribution in [1.29, 1.82) is 0 Å². The van der Waals surface area contributed by atoms with Crippen LogP contribution in [0.2, 0.25) is 4.34 Å². The molecule has 0 radical (unpaired) electrons. The number of nitrogens with zero attached hydrogens (tertiary/aromatic N) is 1. The lowest BCUT2D eigenvalue weighted by Gasteiger charge is -1.88. The second-order valence-corrected chi connectivity index (χ2v) is 3.93. The summed E-state index contributed by atoms with van der Waals surface area (Å²) in [6, 6.07) is 3.65. The van der Waals surface area contributed by atoms with Crippen LogP contribution in [-0.4, -0.2) is 5.16 Å². The van der Waals surface area contributed by atoms with Gasteiger partial charge in [-0.25, -0.2) is 0 Å². The molecular formula is C7H5ClN2OS. The zero-order valence-electron chi connectivity index (χ0n) is 5.95. The van der Waals surface area contributed by atoms with Gasteiger partial charge in [-0.2, -0.15) is 0 Å². The minimum absolute atomic E-state index is 0.536. The molecule has 0 spiro atoms. The molecule has 62 valence electrons. The Morgan fingerprint density at radius 1 is 1.50 bits per heavy atom. The summed E-state index contributed by atoms with van der Waals surface area (Å²) in [5, 5.41) is 3.57. The van der Waals surface area contributed by atoms with Crippen LogP contribution in [-0.2, 0) is 0 Å². The van der Waals surface area contributed by atoms with Crippen molar-refractivity contribution in [2.24, 2.45) is 0 Å². The summed E-state index contributed by atoms with van der Waals surface area (Å²) in [6.07, 6.45) is 1.48. The van der Waals surface area contributed by atoms with Crippen molar-refractivity contribution in [1.82, 2.24) is 5.16 Å². The Hall–Kier alpha value is -1.000. The first-order valence-electron chi connectivity index (χ1n) is 3.23. The molecule has 0 fully saturated rings. The minimum Gasteiger partial charge on any atom is -0.394 e. The molecule has 3 nitrogen and oxygen atoms in total. The van der Waals surface area contributed by atoms with Gasteiger partial charge >= 0.3 is 0 Å². The Bertz CT molecular complexity index is 396. The third-order valence-electron chi connectivity index (χ3n) is 1.39. The average Bonchev–Trinajstić information content (AvgIpc) is 2.58. The molecule has 2 aromatic heterocycles. The molecule has 0 saturated carbocycles. The Balaban J connectivity index is 2.50. The smallest absolute Gasteiger partial charge is 0.199 e. The third kappa shape index (κ3) is 1.19. The fourth-order valence-corrected chi connectivity index (χ4v) is 1.91. The maximum absolute atomic E-state index is 5.75. The van der Waals surface area contributed by atoms with E-state index in [-0.39, 0.29) is 0 Å². The van der Waals surface area contributed by atoms with Crippen molar-refractivity contribution in [3.63, 3.8) is 0 Å². The molecule has 2 rings (SSSR count). The number of hydrogen-bond donors (Lipinski definition) is 1. The van der Waals surface area contributed by atoms with Gasteiger partial charge in [0.15, 0.2) is 5.76 Å². The highest BCUT2D eigenvalue weighted by molar-refractivity contribution is 7.19. The molecule has 2 aromatic rings. The lowest BCUT2D eigenvalue weighted by atomic mass is 10.3. The van der Waals surface area contributed by atoms with Crippen LogP contribution in [0.4, 0.5) is 5.69 Å². The van der Waals surface area contributed by atoms with E-state index in [4.69, 9.17) is 21.9 Å². The molecule has 0 bridgehead atoms. The quantitative estimate of drug-likeness (QED) is 0.770. The molecule has 0 atom stereocenters. The van der Waals surface area contributed by atoms with Crippen LogP contribution in [0.25, 0.3) is 10.6 Å². The molecule has 5 heteroatoms. The second-order valence-electron chi connectivity index (χ2n) is 2.21. The van der Waals surface area contributed by atoms with Crippen molar-refractivity contribution < 1.29 is 4.52 Å². The normalized spacial score (nSPS) is 10.4. The molecule has 0 aromatic carbocycles. The van der Waals surface area contributed by atoms with E-state index in [0.29, 0.717) is 15.8 Å². The SMILES string of the molecule is Nc1cnoc1-c1ccc(Cl)s1. The number of nitrogens with two attached hydrogens (primary N) is 1. The third-order valence-corrected chi connectivity index (χ3v) is 2.62. The van der Waals surface area contributed by atoms with Crippen LogP contribution in [0.1, 0.15) is 0 Å². The highest BCUT2D eigenvalue weighted by Gasteiger charge is 2.09. The summed E-state index contributed by atoms with van der Waals surface area (Å²) in [6.45, 7) is 0. The predicted octanol–water partition coefficient (Wildman–Crippen LogP) is 2.64. The summed E-state index contributed by atoms with van der Waals surface area (Å²) >= 11 is 7.16. The highest BCUT2D eigenvalue weighted by Crippen LogP contribution is 2.33. The van der Waals surface area contributed by atoms with Gasteiger partial charge in [0.05, 0.1) is 15.4 Å². The molecular weight excluding hydrogens is 196 g/mol. The van der Waals surface area contributed by atoms with Crippen LogP contribution in [0.3, 0.4) is 0 Å². The highest BCUT2D eigenvalue weighted by atomic mass is 35.5. The number of nitrogen functional groups attached to an aromatic ring is 1. The largest absolute Gasteiger partial charge is 0.394 e. The summed E-state index contributed by atoms with van der Waals surface area (Å²) in [4.78, 5) is 0.898. The zero-order chi connectivity index (χ0) is 8.55. The molecule has 0 unspecified atom stereocenters. The van der Waals surface area contributed by atoms with E-state index in [0.717, 1.165) is 4.88 Å². The van der Waals surface area contributed by atoms with E-state index in [9.17, 15) is 0 Å². The van der Waals surface area contributed by atoms with E-state index in [1.165, 1.54) is 17.5 Å². The van der Waals surface area contributed by atoms with Crippen molar-refractivity contribution in [3.8, 4) is 10.6 Å². The standard InChI is InChI=1S/C7H5ClN2OS/c8-6-2-1-5(12-6)7-4(9)3-10-11-7/h1-3H,9H2. The molecule has 0 amide bonds. The fraction of sp³-hybridized carbons (Fsp3) is 0. The molecule has 0 aliphatic rings. The van der Waals surface area contributed by atoms with Gasteiger partial charge in [0, 0.05) is 0 Å². The van der Waals surface area contributed by atoms with Gasteiger partial charge in [0.25, 0.3) is 0 Å². The Labute approximate surface area is 77.7 Å². The monoisotopic (exact) mass is 200 g/mol. The lowest BCUT2D eigenvalue weighted by molar-refractivity contribution is 0.433. The summed E-state index contributed by atoms with van der Waals surface area (Å²) < 4.78 is 5.65. The van der Waals surface area contributed by atoms with Gasteiger partial charge in [0.2, 0.25) is 0 Å². The second kappa shape index (κ2) is 2.80. The molecule has 0 saturated heterocycles. The number of hydrogen-bond acceptors (Lipinski definition) is 4. The molecule has 0 aliphatic carbocycles. The van der Waals surface area contributed by atoms with Crippen LogP contribution < -0.4 is 5.73 Å². The van der Waals surface area contributed by atoms with Crippen molar-refractivity contribution >= 4 is 28.6 Å². The maximum atomic E-state index is 5.75. The van der Waals surface area contributed by atoms with Crippen LogP contribution in [0.5, 0.6) is 0 Å². The number of rotatable bonds is 1. The van der Waals surface area contributed by atoms with Crippen LogP contribution in [0.15, 0.2) is 22.9 Å². The van der Waals surface area contributed by atoms with E-state index in [1.54, 1.807) is 6.07 Å². The van der Waals surface area contributed by atoms with Crippen LogP contribution in [0, 0.1) is 0 Å². The first-order valence-corrected chi connectivity index (χ1v) is 4.42. The molecule has 0 aliphatic heterocycles. The minimum atomic E-state index is 0.536. The number of thiophene rings is 1. The van der Waals surface area contributed by atoms with Gasteiger partial charge in [-0.3, -0.25) is 0 Å². The van der Waals surface area contributed by atoms with Gasteiger partial charge in [-0.15, -0.1) is 11.3 Å². The van der Waals surface area contributed by atoms with E-state index in [1.807, 2.05) is 6.07 Å². The number of aromatic nitrogens is 1. The van der Waals surface area contributed by atoms with Gasteiger partial charge in [0.1, 0.15) is 5.69 Å². The first-order chi connectivity index (χ1) is 5.77. The topological polar surface area (TPSA) is 52.0 Å². The Morgan fingerprint density at radius 2 is 2.33 bits per heavy atom.